The molecule has 1 aliphatic heterocycles. The van der Waals surface area contributed by atoms with Crippen LogP contribution in [0.4, 0.5) is 5.82 Å². The predicted octanol–water partition coefficient (Wildman–Crippen LogP) is 4.40. The van der Waals surface area contributed by atoms with E-state index in [0.29, 0.717) is 23.9 Å². The number of aromatic nitrogens is 2. The number of benzene rings is 2. The van der Waals surface area contributed by atoms with Gasteiger partial charge in [0.1, 0.15) is 12.4 Å². The second kappa shape index (κ2) is 8.44. The van der Waals surface area contributed by atoms with Crippen molar-refractivity contribution in [3.63, 3.8) is 0 Å². The minimum absolute atomic E-state index is 0.0305. The molecule has 2 aromatic carbocycles. The fraction of sp³-hybridized carbons (Fsp3) is 0.304. The fourth-order valence-electron chi connectivity index (χ4n) is 3.77. The molecule has 0 saturated heterocycles. The number of methoxy groups -OCH3 is 1. The summed E-state index contributed by atoms with van der Waals surface area (Å²) in [6.45, 7) is 4.48. The first kappa shape index (κ1) is 20.3. The maximum atomic E-state index is 12.3. The Morgan fingerprint density at radius 3 is 2.77 bits per heavy atom. The van der Waals surface area contributed by atoms with E-state index in [1.165, 1.54) is 5.56 Å². The molecule has 1 aromatic heterocycles. The number of nitrogens with zero attached hydrogens (tertiary/aromatic N) is 2. The van der Waals surface area contributed by atoms with Crippen LogP contribution in [0.25, 0.3) is 0 Å². The second-order valence-electron chi connectivity index (χ2n) is 7.30. The number of hydrogen-bond acceptors (Lipinski definition) is 5. The van der Waals surface area contributed by atoms with Gasteiger partial charge in [-0.15, -0.1) is 11.8 Å². The van der Waals surface area contributed by atoms with Crippen molar-refractivity contribution >= 4 is 23.5 Å². The van der Waals surface area contributed by atoms with Crippen LogP contribution < -0.4 is 14.8 Å². The lowest BCUT2D eigenvalue weighted by Crippen LogP contribution is -2.15. The summed E-state index contributed by atoms with van der Waals surface area (Å²) in [6.07, 6.45) is 0. The van der Waals surface area contributed by atoms with Gasteiger partial charge in [-0.05, 0) is 31.0 Å². The highest BCUT2D eigenvalue weighted by molar-refractivity contribution is 8.00. The Kier molecular flexibility index (Phi) is 5.72. The average molecular weight is 424 g/mol. The van der Waals surface area contributed by atoms with Crippen LogP contribution in [0, 0.1) is 13.8 Å². The predicted molar refractivity (Wildman–Crippen MR) is 119 cm³/mol. The van der Waals surface area contributed by atoms with E-state index >= 15 is 0 Å². The number of carbonyl (C=O) groups is 1. The van der Waals surface area contributed by atoms with Crippen molar-refractivity contribution in [3.05, 3.63) is 70.4 Å². The highest BCUT2D eigenvalue weighted by Gasteiger charge is 2.32. The number of rotatable bonds is 5. The van der Waals surface area contributed by atoms with E-state index < -0.39 is 0 Å². The SMILES string of the molecule is COc1cccc([C@H]2SCC(=O)Nc3c2c(C)nn3C)c1OCc1ccccc1C. The molecular weight excluding hydrogens is 398 g/mol. The molecule has 0 spiro atoms. The fourth-order valence-corrected chi connectivity index (χ4v) is 4.97. The molecule has 0 radical (unpaired) electrons. The van der Waals surface area contributed by atoms with Gasteiger partial charge in [0, 0.05) is 18.2 Å². The summed E-state index contributed by atoms with van der Waals surface area (Å²) >= 11 is 1.57. The Bertz CT molecular complexity index is 1090. The Hall–Kier alpha value is -2.93. The number of nitrogens with one attached hydrogen (secondary N) is 1. The number of thioether (sulfide) groups is 1. The van der Waals surface area contributed by atoms with Gasteiger partial charge in [0.25, 0.3) is 0 Å². The van der Waals surface area contributed by atoms with Gasteiger partial charge < -0.3 is 14.8 Å². The first-order chi connectivity index (χ1) is 14.5. The van der Waals surface area contributed by atoms with E-state index in [9.17, 15) is 4.79 Å². The first-order valence-corrected chi connectivity index (χ1v) is 10.8. The average Bonchev–Trinajstić information content (AvgIpc) is 2.90. The maximum absolute atomic E-state index is 12.3. The number of hydrogen-bond donors (Lipinski definition) is 1. The number of para-hydroxylation sites is 1. The van der Waals surface area contributed by atoms with Crippen molar-refractivity contribution in [2.24, 2.45) is 7.05 Å². The van der Waals surface area contributed by atoms with E-state index in [1.54, 1.807) is 23.6 Å². The highest BCUT2D eigenvalue weighted by Crippen LogP contribution is 2.48. The van der Waals surface area contributed by atoms with Gasteiger partial charge in [-0.2, -0.15) is 5.10 Å². The Morgan fingerprint density at radius 2 is 2.00 bits per heavy atom. The van der Waals surface area contributed by atoms with Crippen LogP contribution in [-0.4, -0.2) is 28.6 Å². The van der Waals surface area contributed by atoms with Gasteiger partial charge in [0.15, 0.2) is 11.5 Å². The molecule has 4 rings (SSSR count). The lowest BCUT2D eigenvalue weighted by molar-refractivity contribution is -0.113. The molecule has 0 unspecified atom stereocenters. The van der Waals surface area contributed by atoms with Crippen LogP contribution >= 0.6 is 11.8 Å². The normalized spacial score (nSPS) is 15.9. The number of aryl methyl sites for hydroxylation is 3. The third-order valence-corrected chi connectivity index (χ3v) is 6.57. The van der Waals surface area contributed by atoms with Crippen LogP contribution in [0.5, 0.6) is 11.5 Å². The number of ether oxygens (including phenoxy) is 2. The standard InChI is InChI=1S/C23H25N3O3S/c1-14-8-5-6-9-16(14)12-29-21-17(10-7-11-18(21)28-4)22-20-15(2)25-26(3)23(20)24-19(27)13-30-22/h5-11,22H,12-13H2,1-4H3,(H,24,27)/t22-/m1/s1. The van der Waals surface area contributed by atoms with Gasteiger partial charge in [-0.1, -0.05) is 36.4 Å². The maximum Gasteiger partial charge on any atom is 0.235 e. The monoisotopic (exact) mass is 423 g/mol. The summed E-state index contributed by atoms with van der Waals surface area (Å²) in [5.74, 6) is 2.43. The molecule has 30 heavy (non-hydrogen) atoms. The molecule has 6 nitrogen and oxygen atoms in total. The molecule has 1 amide bonds. The first-order valence-electron chi connectivity index (χ1n) is 9.78. The summed E-state index contributed by atoms with van der Waals surface area (Å²) in [7, 11) is 3.49. The van der Waals surface area contributed by atoms with Crippen molar-refractivity contribution in [3.8, 4) is 11.5 Å². The van der Waals surface area contributed by atoms with Gasteiger partial charge in [-0.3, -0.25) is 9.48 Å². The van der Waals surface area contributed by atoms with Gasteiger partial charge >= 0.3 is 0 Å². The zero-order valence-electron chi connectivity index (χ0n) is 17.6. The molecule has 3 aromatic rings. The van der Waals surface area contributed by atoms with Gasteiger partial charge in [0.05, 0.1) is 23.8 Å². The molecule has 156 valence electrons. The molecule has 7 heteroatoms. The van der Waals surface area contributed by atoms with Crippen LogP contribution in [0.2, 0.25) is 0 Å². The number of amides is 1. The lowest BCUT2D eigenvalue weighted by Gasteiger charge is -2.21. The third-order valence-electron chi connectivity index (χ3n) is 5.31. The molecule has 1 aliphatic rings. The smallest absolute Gasteiger partial charge is 0.235 e. The third kappa shape index (κ3) is 3.77. The molecule has 1 N–H and O–H groups in total. The van der Waals surface area contributed by atoms with Gasteiger partial charge in [-0.25, -0.2) is 0 Å². The van der Waals surface area contributed by atoms with E-state index in [2.05, 4.69) is 29.5 Å². The van der Waals surface area contributed by atoms with Crippen LogP contribution in [-0.2, 0) is 18.4 Å². The molecular formula is C23H25N3O3S. The number of carbonyl (C=O) groups excluding carboxylic acids is 1. The van der Waals surface area contributed by atoms with Crippen LogP contribution in [0.3, 0.4) is 0 Å². The van der Waals surface area contributed by atoms with Crippen LogP contribution in [0.1, 0.15) is 33.2 Å². The molecule has 0 aliphatic carbocycles. The summed E-state index contributed by atoms with van der Waals surface area (Å²) in [4.78, 5) is 12.3. The topological polar surface area (TPSA) is 65.4 Å². The van der Waals surface area contributed by atoms with E-state index in [4.69, 9.17) is 9.47 Å². The summed E-state index contributed by atoms with van der Waals surface area (Å²) in [5.41, 5.74) is 5.17. The van der Waals surface area contributed by atoms with Gasteiger partial charge in [0.2, 0.25) is 5.91 Å². The van der Waals surface area contributed by atoms with E-state index in [-0.39, 0.29) is 11.2 Å². The Labute approximate surface area is 180 Å². The summed E-state index contributed by atoms with van der Waals surface area (Å²) in [5, 5.41) is 7.43. The molecule has 1 atom stereocenters. The Balaban J connectivity index is 1.78. The summed E-state index contributed by atoms with van der Waals surface area (Å²) in [6, 6.07) is 14.1. The van der Waals surface area contributed by atoms with Crippen molar-refractivity contribution in [2.75, 3.05) is 18.2 Å². The zero-order chi connectivity index (χ0) is 21.3. The molecule has 0 saturated carbocycles. The van der Waals surface area contributed by atoms with Crippen molar-refractivity contribution < 1.29 is 14.3 Å². The minimum atomic E-state index is -0.102. The van der Waals surface area contributed by atoms with E-state index in [0.717, 1.165) is 28.2 Å². The minimum Gasteiger partial charge on any atom is -0.493 e. The molecule has 2 heterocycles. The quantitative estimate of drug-likeness (QED) is 0.659. The van der Waals surface area contributed by atoms with Crippen molar-refractivity contribution in [1.82, 2.24) is 9.78 Å². The zero-order valence-corrected chi connectivity index (χ0v) is 18.4. The van der Waals surface area contributed by atoms with Crippen molar-refractivity contribution in [2.45, 2.75) is 25.7 Å². The second-order valence-corrected chi connectivity index (χ2v) is 8.40. The van der Waals surface area contributed by atoms with E-state index in [1.807, 2.05) is 44.3 Å². The van der Waals surface area contributed by atoms with Crippen molar-refractivity contribution in [1.29, 1.82) is 0 Å². The summed E-state index contributed by atoms with van der Waals surface area (Å²) < 4.78 is 13.7. The largest absolute Gasteiger partial charge is 0.493 e. The highest BCUT2D eigenvalue weighted by atomic mass is 32.2. The number of anilines is 1. The molecule has 0 fully saturated rings. The lowest BCUT2D eigenvalue weighted by atomic mass is 10.0. The molecule has 0 bridgehead atoms. The number of fused-ring (bicyclic) bond motifs is 1. The van der Waals surface area contributed by atoms with Crippen LogP contribution in [0.15, 0.2) is 42.5 Å². The Morgan fingerprint density at radius 1 is 1.20 bits per heavy atom.